The number of ether oxygens (including phenoxy) is 1. The molecule has 0 amide bonds. The number of hydrogen-bond acceptors (Lipinski definition) is 7. The lowest BCUT2D eigenvalue weighted by molar-refractivity contribution is -0.513. The van der Waals surface area contributed by atoms with Crippen LogP contribution in [0.4, 0.5) is 15.9 Å². The van der Waals surface area contributed by atoms with E-state index in [9.17, 15) is 14.5 Å². The summed E-state index contributed by atoms with van der Waals surface area (Å²) in [5, 5.41) is 16.0. The van der Waals surface area contributed by atoms with Gasteiger partial charge in [-0.1, -0.05) is 11.6 Å². The number of halogens is 2. The van der Waals surface area contributed by atoms with Crippen LogP contribution in [0.1, 0.15) is 19.3 Å². The number of hydrogen-bond donors (Lipinski definition) is 1. The Labute approximate surface area is 195 Å². The van der Waals surface area contributed by atoms with Gasteiger partial charge >= 0.3 is 0 Å². The Morgan fingerprint density at radius 2 is 2.12 bits per heavy atom. The first-order valence-electron chi connectivity index (χ1n) is 11.1. The summed E-state index contributed by atoms with van der Waals surface area (Å²) in [6, 6.07) is 3.15. The van der Waals surface area contributed by atoms with Crippen LogP contribution in [0, 0.1) is 27.3 Å². The van der Waals surface area contributed by atoms with Crippen LogP contribution in [0.5, 0.6) is 0 Å². The molecule has 1 saturated carbocycles. The summed E-state index contributed by atoms with van der Waals surface area (Å²) in [5.74, 6) is 0.314. The van der Waals surface area contributed by atoms with Crippen molar-refractivity contribution < 1.29 is 14.1 Å². The largest absolute Gasteiger partial charge is 0.366 e. The maximum Gasteiger partial charge on any atom is 0.261 e. The molecule has 174 valence electrons. The fraction of sp³-hybridized carbons (Fsp3) is 0.478. The standard InChI is InChI=1S/C23H25ClFN5O3/c1-29-6-4-23(5-7-29)11-14(23)12-33-21-10-19-16(9-20(21)30(31)32)22(27-13-26-19)28-15-2-3-18(25)17(24)8-15/h2-3,8-10,13-14,20-21H,4-7,11-12H2,1H3,(H,26,27,28). The van der Waals surface area contributed by atoms with E-state index in [1.54, 1.807) is 6.08 Å². The van der Waals surface area contributed by atoms with Crippen molar-refractivity contribution in [1.29, 1.82) is 0 Å². The molecule has 2 aromatic rings. The van der Waals surface area contributed by atoms with Crippen molar-refractivity contribution in [1.82, 2.24) is 14.9 Å². The molecular weight excluding hydrogens is 449 g/mol. The summed E-state index contributed by atoms with van der Waals surface area (Å²) in [6.07, 6.45) is 7.38. The summed E-state index contributed by atoms with van der Waals surface area (Å²) in [4.78, 5) is 22.4. The van der Waals surface area contributed by atoms with E-state index in [2.05, 4.69) is 27.2 Å². The van der Waals surface area contributed by atoms with Crippen molar-refractivity contribution in [2.75, 3.05) is 32.1 Å². The molecular formula is C23H25ClFN5O3. The lowest BCUT2D eigenvalue weighted by Crippen LogP contribution is -2.45. The van der Waals surface area contributed by atoms with Gasteiger partial charge in [0.25, 0.3) is 6.04 Å². The van der Waals surface area contributed by atoms with Gasteiger partial charge in [-0.15, -0.1) is 0 Å². The number of aromatic nitrogens is 2. The molecule has 3 atom stereocenters. The van der Waals surface area contributed by atoms with E-state index in [4.69, 9.17) is 16.3 Å². The fourth-order valence-corrected chi connectivity index (χ4v) is 5.12. The molecule has 3 aliphatic rings. The van der Waals surface area contributed by atoms with E-state index in [0.29, 0.717) is 40.0 Å². The van der Waals surface area contributed by atoms with Gasteiger partial charge in [0.05, 0.1) is 17.0 Å². The predicted octanol–water partition coefficient (Wildman–Crippen LogP) is 2.35. The van der Waals surface area contributed by atoms with E-state index in [1.165, 1.54) is 30.6 Å². The highest BCUT2D eigenvalue weighted by molar-refractivity contribution is 6.31. The maximum atomic E-state index is 13.5. The van der Waals surface area contributed by atoms with Crippen molar-refractivity contribution in [2.45, 2.75) is 31.4 Å². The molecule has 1 N–H and O–H groups in total. The second-order valence-electron chi connectivity index (χ2n) is 9.25. The van der Waals surface area contributed by atoms with Gasteiger partial charge in [-0.2, -0.15) is 0 Å². The summed E-state index contributed by atoms with van der Waals surface area (Å²) in [7, 11) is 2.14. The number of nitrogens with zero attached hydrogens (tertiary/aromatic N) is 4. The molecule has 1 saturated heterocycles. The molecule has 0 bridgehead atoms. The van der Waals surface area contributed by atoms with Gasteiger partial charge in [0.15, 0.2) is 0 Å². The molecule has 5 rings (SSSR count). The zero-order valence-electron chi connectivity index (χ0n) is 18.2. The Balaban J connectivity index is 1.36. The van der Waals surface area contributed by atoms with Crippen molar-refractivity contribution in [3.05, 3.63) is 56.0 Å². The fourth-order valence-electron chi connectivity index (χ4n) is 4.93. The number of piperidine rings is 1. The molecule has 1 aromatic carbocycles. The van der Waals surface area contributed by atoms with Crippen molar-refractivity contribution >= 4 is 35.3 Å². The van der Waals surface area contributed by atoms with E-state index in [1.807, 2.05) is 0 Å². The van der Waals surface area contributed by atoms with Gasteiger partial charge in [0, 0.05) is 21.9 Å². The van der Waals surface area contributed by atoms with Crippen LogP contribution in [0.15, 0.2) is 24.5 Å². The highest BCUT2D eigenvalue weighted by atomic mass is 35.5. The highest BCUT2D eigenvalue weighted by Gasteiger charge is 2.54. The second kappa shape index (κ2) is 8.62. The number of likely N-dealkylation sites (tertiary alicyclic amines) is 1. The molecule has 2 fully saturated rings. The smallest absolute Gasteiger partial charge is 0.261 e. The molecule has 10 heteroatoms. The first-order valence-corrected chi connectivity index (χ1v) is 11.4. The number of rotatable bonds is 6. The van der Waals surface area contributed by atoms with E-state index in [-0.39, 0.29) is 9.95 Å². The Bertz CT molecular complexity index is 1200. The van der Waals surface area contributed by atoms with Crippen LogP contribution in [0.25, 0.3) is 12.2 Å². The summed E-state index contributed by atoms with van der Waals surface area (Å²) >= 11 is 5.86. The Kier molecular flexibility index (Phi) is 5.80. The molecule has 2 aliphatic carbocycles. The minimum Gasteiger partial charge on any atom is -0.366 e. The molecule has 8 nitrogen and oxygen atoms in total. The molecule has 3 unspecified atom stereocenters. The van der Waals surface area contributed by atoms with Gasteiger partial charge in [0.2, 0.25) is 0 Å². The number of nitro groups is 1. The van der Waals surface area contributed by atoms with Crippen molar-refractivity contribution in [3.8, 4) is 0 Å². The Hall–Kier alpha value is -2.62. The minimum atomic E-state index is -1.05. The van der Waals surface area contributed by atoms with E-state index >= 15 is 0 Å². The highest BCUT2D eigenvalue weighted by Crippen LogP contribution is 2.59. The SMILES string of the molecule is CN1CCC2(CC1)CC2COC1C=c2ncnc(Nc3ccc(F)c(Cl)c3)c2=CC1[N+](=O)[O-]. The quantitative estimate of drug-likeness (QED) is 0.508. The Morgan fingerprint density at radius 3 is 2.85 bits per heavy atom. The number of nitrogens with one attached hydrogen (secondary N) is 1. The first kappa shape index (κ1) is 22.2. The average molecular weight is 474 g/mol. The van der Waals surface area contributed by atoms with Gasteiger partial charge in [-0.25, -0.2) is 14.4 Å². The minimum absolute atomic E-state index is 0.0300. The lowest BCUT2D eigenvalue weighted by atomic mass is 9.91. The van der Waals surface area contributed by atoms with Crippen LogP contribution in [0.2, 0.25) is 5.02 Å². The predicted molar refractivity (Wildman–Crippen MR) is 123 cm³/mol. The molecule has 33 heavy (non-hydrogen) atoms. The zero-order chi connectivity index (χ0) is 23.2. The zero-order valence-corrected chi connectivity index (χ0v) is 19.0. The van der Waals surface area contributed by atoms with Crippen LogP contribution < -0.4 is 15.9 Å². The van der Waals surface area contributed by atoms with Crippen molar-refractivity contribution in [3.63, 3.8) is 0 Å². The number of benzene rings is 1. The van der Waals surface area contributed by atoms with Crippen LogP contribution in [0.3, 0.4) is 0 Å². The van der Waals surface area contributed by atoms with E-state index < -0.39 is 18.0 Å². The first-order chi connectivity index (χ1) is 15.8. The molecule has 1 aliphatic heterocycles. The van der Waals surface area contributed by atoms with Crippen molar-refractivity contribution in [2.24, 2.45) is 11.3 Å². The Morgan fingerprint density at radius 1 is 1.33 bits per heavy atom. The molecule has 2 heterocycles. The topological polar surface area (TPSA) is 93.4 Å². The maximum absolute atomic E-state index is 13.5. The van der Waals surface area contributed by atoms with E-state index in [0.717, 1.165) is 32.4 Å². The van der Waals surface area contributed by atoms with Gasteiger partial charge < -0.3 is 15.0 Å². The van der Waals surface area contributed by atoms with Gasteiger partial charge in [-0.05, 0) is 75.0 Å². The second-order valence-corrected chi connectivity index (χ2v) is 9.66. The van der Waals surface area contributed by atoms with Crippen LogP contribution in [-0.2, 0) is 4.74 Å². The monoisotopic (exact) mass is 473 g/mol. The van der Waals surface area contributed by atoms with Crippen LogP contribution in [-0.4, -0.2) is 58.7 Å². The summed E-state index contributed by atoms with van der Waals surface area (Å²) in [6.45, 7) is 2.70. The molecule has 0 radical (unpaired) electrons. The summed E-state index contributed by atoms with van der Waals surface area (Å²) in [5.41, 5.74) is 0.867. The summed E-state index contributed by atoms with van der Waals surface area (Å²) < 4.78 is 19.6. The third-order valence-electron chi connectivity index (χ3n) is 7.17. The normalized spacial score (nSPS) is 25.6. The molecule has 1 aromatic heterocycles. The van der Waals surface area contributed by atoms with Gasteiger partial charge in [0.1, 0.15) is 24.1 Å². The van der Waals surface area contributed by atoms with Gasteiger partial charge in [-0.3, -0.25) is 10.1 Å². The average Bonchev–Trinajstić information content (AvgIpc) is 3.48. The molecule has 1 spiro atoms. The third kappa shape index (κ3) is 4.45. The number of fused-ring (bicyclic) bond motifs is 1. The lowest BCUT2D eigenvalue weighted by Gasteiger charge is -2.30. The third-order valence-corrected chi connectivity index (χ3v) is 7.46. The van der Waals surface area contributed by atoms with Crippen LogP contribution >= 0.6 is 11.6 Å². The number of anilines is 2.